The molecule has 0 heterocycles. The summed E-state index contributed by atoms with van der Waals surface area (Å²) in [6.07, 6.45) is 0.344. The Morgan fingerprint density at radius 2 is 1.54 bits per heavy atom. The minimum absolute atomic E-state index is 0.0221. The molecular formula is C19H22N2O2S. The van der Waals surface area contributed by atoms with Crippen LogP contribution in [0.4, 0.5) is 5.69 Å². The second-order valence-corrected chi connectivity index (χ2v) is 6.56. The third-order valence-corrected chi connectivity index (χ3v) is 4.51. The molecule has 2 amide bonds. The smallest absolute Gasteiger partial charge is 0.234 e. The average molecular weight is 342 g/mol. The number of hydrogen-bond donors (Lipinski definition) is 2. The summed E-state index contributed by atoms with van der Waals surface area (Å²) in [7, 11) is 1.62. The van der Waals surface area contributed by atoms with Crippen LogP contribution in [0.25, 0.3) is 0 Å². The maximum Gasteiger partial charge on any atom is 0.234 e. The molecule has 2 rings (SSSR count). The average Bonchev–Trinajstić information content (AvgIpc) is 2.58. The molecule has 0 aliphatic heterocycles. The van der Waals surface area contributed by atoms with E-state index in [2.05, 4.69) is 41.8 Å². The molecule has 0 radical (unpaired) electrons. The molecule has 0 fully saturated rings. The van der Waals surface area contributed by atoms with Crippen LogP contribution in [0.2, 0.25) is 0 Å². The van der Waals surface area contributed by atoms with E-state index in [9.17, 15) is 9.59 Å². The molecule has 2 aromatic carbocycles. The summed E-state index contributed by atoms with van der Waals surface area (Å²) in [5.41, 5.74) is 4.12. The molecule has 2 N–H and O–H groups in total. The maximum absolute atomic E-state index is 12.0. The van der Waals surface area contributed by atoms with E-state index in [4.69, 9.17) is 0 Å². The lowest BCUT2D eigenvalue weighted by Crippen LogP contribution is -2.20. The standard InChI is InChI=1S/C19H22N2O2S/c1-14-3-5-16(6-4-14)12-24-13-19(23)21-17-9-7-15(8-10-17)11-18(22)20-2/h3-10H,11-13H2,1-2H3,(H,20,22)(H,21,23). The van der Waals surface area contributed by atoms with Crippen LogP contribution in [0.5, 0.6) is 0 Å². The molecule has 24 heavy (non-hydrogen) atoms. The van der Waals surface area contributed by atoms with E-state index in [-0.39, 0.29) is 11.8 Å². The Hall–Kier alpha value is -2.27. The normalized spacial score (nSPS) is 10.2. The number of likely N-dealkylation sites (N-methyl/N-ethyl adjacent to an activating group) is 1. The molecule has 0 bridgehead atoms. The van der Waals surface area contributed by atoms with Gasteiger partial charge in [-0.15, -0.1) is 11.8 Å². The molecule has 126 valence electrons. The number of benzene rings is 2. The van der Waals surface area contributed by atoms with E-state index in [0.717, 1.165) is 17.0 Å². The molecule has 0 aromatic heterocycles. The monoisotopic (exact) mass is 342 g/mol. The van der Waals surface area contributed by atoms with Gasteiger partial charge in [0, 0.05) is 18.5 Å². The van der Waals surface area contributed by atoms with Crippen molar-refractivity contribution in [1.82, 2.24) is 5.32 Å². The number of hydrogen-bond acceptors (Lipinski definition) is 3. The van der Waals surface area contributed by atoms with Gasteiger partial charge in [-0.3, -0.25) is 9.59 Å². The number of amides is 2. The van der Waals surface area contributed by atoms with E-state index in [1.165, 1.54) is 11.1 Å². The first-order valence-corrected chi connectivity index (χ1v) is 8.95. The fourth-order valence-corrected chi connectivity index (χ4v) is 2.91. The molecule has 0 aliphatic rings. The molecule has 0 atom stereocenters. The van der Waals surface area contributed by atoms with Crippen LogP contribution in [-0.2, 0) is 21.8 Å². The van der Waals surface area contributed by atoms with Crippen molar-refractivity contribution >= 4 is 29.3 Å². The number of carbonyl (C=O) groups is 2. The SMILES string of the molecule is CNC(=O)Cc1ccc(NC(=O)CSCc2ccc(C)cc2)cc1. The predicted octanol–water partition coefficient (Wildman–Crippen LogP) is 3.16. The lowest BCUT2D eigenvalue weighted by atomic mass is 10.1. The number of carbonyl (C=O) groups excluding carboxylic acids is 2. The highest BCUT2D eigenvalue weighted by molar-refractivity contribution is 7.99. The van der Waals surface area contributed by atoms with Crippen molar-refractivity contribution < 1.29 is 9.59 Å². The van der Waals surface area contributed by atoms with Crippen LogP contribution in [0.15, 0.2) is 48.5 Å². The second-order valence-electron chi connectivity index (χ2n) is 5.57. The van der Waals surface area contributed by atoms with E-state index < -0.39 is 0 Å². The molecule has 0 spiro atoms. The van der Waals surface area contributed by atoms with Gasteiger partial charge in [-0.2, -0.15) is 0 Å². The van der Waals surface area contributed by atoms with Gasteiger partial charge in [0.1, 0.15) is 0 Å². The van der Waals surface area contributed by atoms with Crippen LogP contribution in [0.1, 0.15) is 16.7 Å². The summed E-state index contributed by atoms with van der Waals surface area (Å²) in [4.78, 5) is 23.3. The highest BCUT2D eigenvalue weighted by Crippen LogP contribution is 2.14. The Labute approximate surface area is 147 Å². The third kappa shape index (κ3) is 6.08. The number of aryl methyl sites for hydroxylation is 1. The number of rotatable bonds is 7. The van der Waals surface area contributed by atoms with Crippen molar-refractivity contribution in [2.75, 3.05) is 18.1 Å². The Balaban J connectivity index is 1.75. The molecule has 5 heteroatoms. The Morgan fingerprint density at radius 1 is 0.917 bits per heavy atom. The zero-order valence-electron chi connectivity index (χ0n) is 14.0. The highest BCUT2D eigenvalue weighted by atomic mass is 32.2. The van der Waals surface area contributed by atoms with Gasteiger partial charge in [0.15, 0.2) is 0 Å². The number of anilines is 1. The fourth-order valence-electron chi connectivity index (χ4n) is 2.12. The van der Waals surface area contributed by atoms with E-state index in [1.807, 2.05) is 24.3 Å². The van der Waals surface area contributed by atoms with Crippen LogP contribution < -0.4 is 10.6 Å². The lowest BCUT2D eigenvalue weighted by molar-refractivity contribution is -0.120. The first-order valence-electron chi connectivity index (χ1n) is 7.79. The van der Waals surface area contributed by atoms with Crippen LogP contribution in [0, 0.1) is 6.92 Å². The van der Waals surface area contributed by atoms with Gasteiger partial charge < -0.3 is 10.6 Å². The van der Waals surface area contributed by atoms with E-state index >= 15 is 0 Å². The molecule has 0 saturated heterocycles. The minimum Gasteiger partial charge on any atom is -0.359 e. The zero-order chi connectivity index (χ0) is 17.4. The van der Waals surface area contributed by atoms with Gasteiger partial charge in [0.25, 0.3) is 0 Å². The van der Waals surface area contributed by atoms with Crippen molar-refractivity contribution in [3.8, 4) is 0 Å². The Kier molecular flexibility index (Phi) is 6.88. The van der Waals surface area contributed by atoms with Crippen LogP contribution in [-0.4, -0.2) is 24.6 Å². The molecule has 0 saturated carbocycles. The zero-order valence-corrected chi connectivity index (χ0v) is 14.8. The van der Waals surface area contributed by atoms with Crippen molar-refractivity contribution in [1.29, 1.82) is 0 Å². The maximum atomic E-state index is 12.0. The molecule has 0 aliphatic carbocycles. The van der Waals surface area contributed by atoms with Crippen molar-refractivity contribution in [2.24, 2.45) is 0 Å². The summed E-state index contributed by atoms with van der Waals surface area (Å²) < 4.78 is 0. The Morgan fingerprint density at radius 3 is 2.17 bits per heavy atom. The molecule has 0 unspecified atom stereocenters. The summed E-state index contributed by atoms with van der Waals surface area (Å²) in [6.45, 7) is 2.06. The van der Waals surface area contributed by atoms with Crippen LogP contribution in [0.3, 0.4) is 0 Å². The second kappa shape index (κ2) is 9.13. The first kappa shape index (κ1) is 18.1. The fraction of sp³-hybridized carbons (Fsp3) is 0.263. The summed E-state index contributed by atoms with van der Waals surface area (Å²) >= 11 is 1.59. The van der Waals surface area contributed by atoms with Gasteiger partial charge in [-0.25, -0.2) is 0 Å². The summed E-state index contributed by atoms with van der Waals surface area (Å²) in [5.74, 6) is 1.18. The van der Waals surface area contributed by atoms with Crippen LogP contribution >= 0.6 is 11.8 Å². The summed E-state index contributed by atoms with van der Waals surface area (Å²) in [6, 6.07) is 15.7. The third-order valence-electron chi connectivity index (χ3n) is 3.50. The van der Waals surface area contributed by atoms with Gasteiger partial charge >= 0.3 is 0 Å². The van der Waals surface area contributed by atoms with Crippen molar-refractivity contribution in [3.63, 3.8) is 0 Å². The first-order chi connectivity index (χ1) is 11.6. The minimum atomic E-state index is -0.0284. The van der Waals surface area contributed by atoms with E-state index in [1.54, 1.807) is 18.8 Å². The lowest BCUT2D eigenvalue weighted by Gasteiger charge is -2.07. The topological polar surface area (TPSA) is 58.2 Å². The van der Waals surface area contributed by atoms with Crippen molar-refractivity contribution in [2.45, 2.75) is 19.1 Å². The largest absolute Gasteiger partial charge is 0.359 e. The van der Waals surface area contributed by atoms with Gasteiger partial charge in [-0.05, 0) is 30.2 Å². The van der Waals surface area contributed by atoms with Gasteiger partial charge in [-0.1, -0.05) is 42.0 Å². The molecule has 2 aromatic rings. The van der Waals surface area contributed by atoms with E-state index in [0.29, 0.717) is 12.2 Å². The predicted molar refractivity (Wildman–Crippen MR) is 100 cm³/mol. The van der Waals surface area contributed by atoms with Crippen molar-refractivity contribution in [3.05, 3.63) is 65.2 Å². The quantitative estimate of drug-likeness (QED) is 0.813. The Bertz CT molecular complexity index is 682. The molecular weight excluding hydrogens is 320 g/mol. The van der Waals surface area contributed by atoms with Gasteiger partial charge in [0.05, 0.1) is 12.2 Å². The number of thioether (sulfide) groups is 1. The number of nitrogens with one attached hydrogen (secondary N) is 2. The summed E-state index contributed by atoms with van der Waals surface area (Å²) in [5, 5.41) is 5.46. The van der Waals surface area contributed by atoms with Gasteiger partial charge in [0.2, 0.25) is 11.8 Å². The highest BCUT2D eigenvalue weighted by Gasteiger charge is 2.05. The molecule has 4 nitrogen and oxygen atoms in total.